The third kappa shape index (κ3) is 4.37. The van der Waals surface area contributed by atoms with E-state index in [0.29, 0.717) is 22.1 Å². The van der Waals surface area contributed by atoms with Crippen molar-refractivity contribution in [1.82, 2.24) is 4.98 Å². The number of carbonyl (C=O) groups is 1. The number of hydrogen-bond acceptors (Lipinski definition) is 3. The molecule has 0 unspecified atom stereocenters. The Hall–Kier alpha value is -2.85. The van der Waals surface area contributed by atoms with Crippen LogP contribution in [0, 0.1) is 13.8 Å². The van der Waals surface area contributed by atoms with Gasteiger partial charge in [-0.15, -0.1) is 0 Å². The summed E-state index contributed by atoms with van der Waals surface area (Å²) in [6.45, 7) is 3.94. The zero-order valence-corrected chi connectivity index (χ0v) is 14.8. The van der Waals surface area contributed by atoms with Crippen LogP contribution in [0.25, 0.3) is 0 Å². The van der Waals surface area contributed by atoms with Gasteiger partial charge in [0.05, 0.1) is 11.9 Å². The maximum atomic E-state index is 12.2. The highest BCUT2D eigenvalue weighted by atomic mass is 35.5. The Morgan fingerprint density at radius 3 is 2.32 bits per heavy atom. The number of carbonyl (C=O) groups excluding carboxylic acids is 1. The van der Waals surface area contributed by atoms with Gasteiger partial charge in [0.25, 0.3) is 5.91 Å². The summed E-state index contributed by atoms with van der Waals surface area (Å²) in [5.41, 5.74) is 4.25. The lowest BCUT2D eigenvalue weighted by molar-refractivity contribution is 0.102. The van der Waals surface area contributed by atoms with Gasteiger partial charge in [0, 0.05) is 16.3 Å². The second-order valence-corrected chi connectivity index (χ2v) is 6.25. The van der Waals surface area contributed by atoms with Gasteiger partial charge >= 0.3 is 0 Å². The molecule has 0 fully saturated rings. The van der Waals surface area contributed by atoms with Crippen molar-refractivity contribution in [2.45, 2.75) is 13.8 Å². The van der Waals surface area contributed by atoms with Crippen molar-refractivity contribution in [3.05, 3.63) is 82.5 Å². The summed E-state index contributed by atoms with van der Waals surface area (Å²) >= 11 is 6.12. The Morgan fingerprint density at radius 1 is 0.960 bits per heavy atom. The van der Waals surface area contributed by atoms with Crippen LogP contribution in [0.15, 0.2) is 60.8 Å². The van der Waals surface area contributed by atoms with Gasteiger partial charge in [-0.2, -0.15) is 0 Å². The van der Waals surface area contributed by atoms with Crippen molar-refractivity contribution < 1.29 is 4.79 Å². The van der Waals surface area contributed by atoms with Crippen LogP contribution in [0.2, 0.25) is 5.02 Å². The summed E-state index contributed by atoms with van der Waals surface area (Å²) < 4.78 is 0. The molecule has 0 atom stereocenters. The van der Waals surface area contributed by atoms with Gasteiger partial charge in [0.2, 0.25) is 0 Å². The number of aryl methyl sites for hydroxylation is 2. The Morgan fingerprint density at radius 2 is 1.68 bits per heavy atom. The smallest absolute Gasteiger partial charge is 0.255 e. The van der Waals surface area contributed by atoms with E-state index < -0.39 is 0 Å². The molecule has 2 N–H and O–H groups in total. The summed E-state index contributed by atoms with van der Waals surface area (Å²) in [5, 5.41) is 6.72. The topological polar surface area (TPSA) is 54.0 Å². The number of halogens is 1. The fourth-order valence-electron chi connectivity index (χ4n) is 2.27. The van der Waals surface area contributed by atoms with Crippen LogP contribution in [0.4, 0.5) is 17.2 Å². The average molecular weight is 352 g/mol. The van der Waals surface area contributed by atoms with Crippen molar-refractivity contribution in [2.75, 3.05) is 10.6 Å². The molecule has 0 saturated heterocycles. The summed E-state index contributed by atoms with van der Waals surface area (Å²) in [6, 6.07) is 16.8. The van der Waals surface area contributed by atoms with Gasteiger partial charge < -0.3 is 10.6 Å². The summed E-state index contributed by atoms with van der Waals surface area (Å²) in [4.78, 5) is 16.5. The van der Waals surface area contributed by atoms with Crippen LogP contribution < -0.4 is 10.6 Å². The van der Waals surface area contributed by atoms with Crippen LogP contribution >= 0.6 is 11.6 Å². The number of pyridine rings is 1. The highest BCUT2D eigenvalue weighted by Crippen LogP contribution is 2.23. The summed E-state index contributed by atoms with van der Waals surface area (Å²) in [5.74, 6) is 0.515. The first kappa shape index (κ1) is 17.0. The number of aromatic nitrogens is 1. The maximum absolute atomic E-state index is 12.2. The van der Waals surface area contributed by atoms with E-state index in [4.69, 9.17) is 11.6 Å². The monoisotopic (exact) mass is 351 g/mol. The Balaban J connectivity index is 1.66. The van der Waals surface area contributed by atoms with E-state index in [1.54, 1.807) is 30.5 Å². The van der Waals surface area contributed by atoms with E-state index in [-0.39, 0.29) is 5.91 Å². The van der Waals surface area contributed by atoms with Crippen LogP contribution in [0.5, 0.6) is 0 Å². The molecule has 0 radical (unpaired) electrons. The predicted octanol–water partition coefficient (Wildman–Crippen LogP) is 5.35. The largest absolute Gasteiger partial charge is 0.340 e. The fourth-order valence-corrected chi connectivity index (χ4v) is 2.45. The lowest BCUT2D eigenvalue weighted by Gasteiger charge is -2.09. The molecule has 4 nitrogen and oxygen atoms in total. The SMILES string of the molecule is Cc1ccc(C(=O)Nc2ccc(Nc3ccc(C)c(Cl)c3)nc2)cc1. The normalized spacial score (nSPS) is 10.4. The first-order chi connectivity index (χ1) is 12.0. The zero-order valence-electron chi connectivity index (χ0n) is 14.0. The number of hydrogen-bond donors (Lipinski definition) is 2. The standard InChI is InChI=1S/C20H18ClN3O/c1-13-3-6-15(7-4-13)20(25)24-17-9-10-19(22-12-17)23-16-8-5-14(2)18(21)11-16/h3-12H,1-2H3,(H,22,23)(H,24,25). The molecule has 0 aliphatic rings. The minimum absolute atomic E-state index is 0.159. The first-order valence-corrected chi connectivity index (χ1v) is 8.26. The van der Waals surface area contributed by atoms with E-state index >= 15 is 0 Å². The molecular formula is C20H18ClN3O. The minimum atomic E-state index is -0.159. The van der Waals surface area contributed by atoms with Gasteiger partial charge in [-0.05, 0) is 55.8 Å². The number of nitrogens with zero attached hydrogens (tertiary/aromatic N) is 1. The van der Waals surface area contributed by atoms with Crippen LogP contribution in [0.3, 0.4) is 0 Å². The van der Waals surface area contributed by atoms with Gasteiger partial charge in [-0.25, -0.2) is 4.98 Å². The van der Waals surface area contributed by atoms with Crippen molar-refractivity contribution in [3.63, 3.8) is 0 Å². The molecule has 0 aliphatic heterocycles. The molecule has 1 amide bonds. The zero-order chi connectivity index (χ0) is 17.8. The molecule has 3 aromatic rings. The average Bonchev–Trinajstić information content (AvgIpc) is 2.60. The molecule has 0 bridgehead atoms. The van der Waals surface area contributed by atoms with E-state index in [2.05, 4.69) is 15.6 Å². The molecule has 0 saturated carbocycles. The maximum Gasteiger partial charge on any atom is 0.255 e. The molecule has 3 rings (SSSR count). The number of amides is 1. The van der Waals surface area contributed by atoms with E-state index in [1.165, 1.54) is 0 Å². The van der Waals surface area contributed by atoms with Crippen LogP contribution in [0.1, 0.15) is 21.5 Å². The summed E-state index contributed by atoms with van der Waals surface area (Å²) in [6.07, 6.45) is 1.62. The second kappa shape index (κ2) is 7.36. The molecule has 2 aromatic carbocycles. The van der Waals surface area contributed by atoms with E-state index in [9.17, 15) is 4.79 Å². The molecular weight excluding hydrogens is 334 g/mol. The molecule has 5 heteroatoms. The third-order valence-corrected chi connectivity index (χ3v) is 4.19. The Kier molecular flexibility index (Phi) is 5.00. The number of benzene rings is 2. The first-order valence-electron chi connectivity index (χ1n) is 7.88. The lowest BCUT2D eigenvalue weighted by atomic mass is 10.1. The lowest BCUT2D eigenvalue weighted by Crippen LogP contribution is -2.12. The molecule has 1 heterocycles. The molecule has 25 heavy (non-hydrogen) atoms. The highest BCUT2D eigenvalue weighted by Gasteiger charge is 2.06. The molecule has 0 spiro atoms. The van der Waals surface area contributed by atoms with Gasteiger partial charge in [0.15, 0.2) is 0 Å². The molecule has 126 valence electrons. The second-order valence-electron chi connectivity index (χ2n) is 5.84. The fraction of sp³-hybridized carbons (Fsp3) is 0.100. The quantitative estimate of drug-likeness (QED) is 0.666. The van der Waals surface area contributed by atoms with Gasteiger partial charge in [-0.1, -0.05) is 35.4 Å². The predicted molar refractivity (Wildman–Crippen MR) is 103 cm³/mol. The van der Waals surface area contributed by atoms with Gasteiger partial charge in [-0.3, -0.25) is 4.79 Å². The van der Waals surface area contributed by atoms with Crippen molar-refractivity contribution in [3.8, 4) is 0 Å². The Labute approximate surface area is 151 Å². The number of rotatable bonds is 4. The van der Waals surface area contributed by atoms with Crippen molar-refractivity contribution in [1.29, 1.82) is 0 Å². The minimum Gasteiger partial charge on any atom is -0.340 e. The van der Waals surface area contributed by atoms with Crippen molar-refractivity contribution in [2.24, 2.45) is 0 Å². The molecule has 0 aliphatic carbocycles. The highest BCUT2D eigenvalue weighted by molar-refractivity contribution is 6.31. The third-order valence-electron chi connectivity index (χ3n) is 3.78. The van der Waals surface area contributed by atoms with Gasteiger partial charge in [0.1, 0.15) is 5.82 Å². The number of nitrogens with one attached hydrogen (secondary N) is 2. The number of anilines is 3. The summed E-state index contributed by atoms with van der Waals surface area (Å²) in [7, 11) is 0. The van der Waals surface area contributed by atoms with Crippen LogP contribution in [-0.4, -0.2) is 10.9 Å². The molecule has 1 aromatic heterocycles. The van der Waals surface area contributed by atoms with E-state index in [1.807, 2.05) is 44.2 Å². The Bertz CT molecular complexity index is 890. The van der Waals surface area contributed by atoms with E-state index in [0.717, 1.165) is 16.8 Å². The van der Waals surface area contributed by atoms with Crippen molar-refractivity contribution >= 4 is 34.7 Å². The van der Waals surface area contributed by atoms with Crippen LogP contribution in [-0.2, 0) is 0 Å².